The fourth-order valence-electron chi connectivity index (χ4n) is 3.41. The number of halogens is 2. The van der Waals surface area contributed by atoms with Crippen LogP contribution in [0.4, 0.5) is 5.13 Å². The number of aromatic nitrogens is 1. The third kappa shape index (κ3) is 6.99. The lowest BCUT2D eigenvalue weighted by atomic mass is 10.3. The highest BCUT2D eigenvalue weighted by atomic mass is 35.5. The molecular formula is C24H29Cl2N3O2S2. The van der Waals surface area contributed by atoms with Crippen LogP contribution >= 0.6 is 46.3 Å². The molecule has 0 aliphatic rings. The number of hydrogen-bond acceptors (Lipinski definition) is 6. The molecule has 0 fully saturated rings. The van der Waals surface area contributed by atoms with Gasteiger partial charge in [0.05, 0.1) is 16.8 Å². The molecule has 1 amide bonds. The predicted molar refractivity (Wildman–Crippen MR) is 143 cm³/mol. The number of rotatable bonds is 12. The van der Waals surface area contributed by atoms with Crippen LogP contribution in [0.25, 0.3) is 10.2 Å². The summed E-state index contributed by atoms with van der Waals surface area (Å²) in [6.45, 7) is 7.52. The Morgan fingerprint density at radius 3 is 2.48 bits per heavy atom. The summed E-state index contributed by atoms with van der Waals surface area (Å²) >= 11 is 15.5. The number of amides is 1. The van der Waals surface area contributed by atoms with E-state index >= 15 is 0 Å². The molecule has 1 aromatic heterocycles. The Kier molecular flexibility index (Phi) is 10.1. The van der Waals surface area contributed by atoms with Crippen LogP contribution < -0.4 is 9.64 Å². The molecule has 0 atom stereocenters. The second-order valence-corrected chi connectivity index (χ2v) is 10.4. The van der Waals surface area contributed by atoms with Crippen molar-refractivity contribution in [2.75, 3.05) is 43.9 Å². The fourth-order valence-corrected chi connectivity index (χ4v) is 5.69. The average molecular weight is 527 g/mol. The molecule has 3 rings (SSSR count). The van der Waals surface area contributed by atoms with Crippen LogP contribution in [0.1, 0.15) is 26.7 Å². The van der Waals surface area contributed by atoms with E-state index in [-0.39, 0.29) is 5.91 Å². The smallest absolute Gasteiger partial charge is 0.228 e. The van der Waals surface area contributed by atoms with Gasteiger partial charge >= 0.3 is 0 Å². The van der Waals surface area contributed by atoms with Crippen molar-refractivity contribution in [2.45, 2.75) is 31.6 Å². The van der Waals surface area contributed by atoms with E-state index in [4.69, 9.17) is 32.9 Å². The summed E-state index contributed by atoms with van der Waals surface area (Å²) in [6, 6.07) is 11.4. The molecule has 178 valence electrons. The maximum Gasteiger partial charge on any atom is 0.228 e. The Bertz CT molecular complexity index is 1060. The normalized spacial score (nSPS) is 11.3. The Morgan fingerprint density at radius 1 is 1.09 bits per heavy atom. The summed E-state index contributed by atoms with van der Waals surface area (Å²) in [5, 5.41) is 2.01. The lowest BCUT2D eigenvalue weighted by Gasteiger charge is -2.24. The molecule has 0 aliphatic heterocycles. The van der Waals surface area contributed by atoms with E-state index in [9.17, 15) is 4.79 Å². The number of benzene rings is 2. The van der Waals surface area contributed by atoms with Crippen molar-refractivity contribution < 1.29 is 9.53 Å². The van der Waals surface area contributed by atoms with Gasteiger partial charge in [-0.3, -0.25) is 9.69 Å². The van der Waals surface area contributed by atoms with Crippen molar-refractivity contribution in [3.05, 3.63) is 46.4 Å². The minimum Gasteiger partial charge on any atom is -0.494 e. The van der Waals surface area contributed by atoms with Crippen LogP contribution in [0, 0.1) is 0 Å². The molecular weight excluding hydrogens is 497 g/mol. The molecule has 0 saturated carbocycles. The molecule has 0 spiro atoms. The van der Waals surface area contributed by atoms with Crippen LogP contribution in [-0.4, -0.2) is 54.8 Å². The Hall–Kier alpha value is -1.51. The topological polar surface area (TPSA) is 45.7 Å². The first-order valence-corrected chi connectivity index (χ1v) is 13.6. The van der Waals surface area contributed by atoms with Crippen LogP contribution in [0.3, 0.4) is 0 Å². The number of fused-ring (bicyclic) bond motifs is 1. The molecule has 0 bridgehead atoms. The van der Waals surface area contributed by atoms with E-state index in [1.807, 2.05) is 35.2 Å². The number of thiazole rings is 1. The standard InChI is InChI=1S/C24H29Cl2N3O2S2/c1-4-28(5-2)14-15-29(21(30)7-6-16-32-18-10-8-17(25)9-11-18)24-27-22-20(31-3)13-12-19(26)23(22)33-24/h8-13H,4-7,14-16H2,1-3H3. The molecule has 2 aromatic carbocycles. The highest BCUT2D eigenvalue weighted by molar-refractivity contribution is 7.99. The number of anilines is 1. The zero-order valence-corrected chi connectivity index (χ0v) is 22.3. The number of carbonyl (C=O) groups is 1. The highest BCUT2D eigenvalue weighted by Crippen LogP contribution is 2.39. The first kappa shape index (κ1) is 26.1. The lowest BCUT2D eigenvalue weighted by molar-refractivity contribution is -0.118. The maximum absolute atomic E-state index is 13.3. The number of likely N-dealkylation sites (N-methyl/N-ethyl adjacent to an activating group) is 1. The van der Waals surface area contributed by atoms with Crippen molar-refractivity contribution in [1.29, 1.82) is 0 Å². The van der Waals surface area contributed by atoms with E-state index < -0.39 is 0 Å². The van der Waals surface area contributed by atoms with Crippen LogP contribution in [-0.2, 0) is 4.79 Å². The molecule has 9 heteroatoms. The predicted octanol–water partition coefficient (Wildman–Crippen LogP) is 6.86. The number of hydrogen-bond donors (Lipinski definition) is 0. The van der Waals surface area contributed by atoms with Crippen molar-refractivity contribution >= 4 is 67.6 Å². The van der Waals surface area contributed by atoms with Gasteiger partial charge < -0.3 is 9.64 Å². The van der Waals surface area contributed by atoms with Gasteiger partial charge in [0.25, 0.3) is 0 Å². The Morgan fingerprint density at radius 2 is 1.82 bits per heavy atom. The first-order valence-electron chi connectivity index (χ1n) is 11.0. The Balaban J connectivity index is 1.73. The van der Waals surface area contributed by atoms with Gasteiger partial charge in [0.1, 0.15) is 11.3 Å². The molecule has 0 unspecified atom stereocenters. The number of methoxy groups -OCH3 is 1. The summed E-state index contributed by atoms with van der Waals surface area (Å²) in [4.78, 5) is 23.3. The zero-order valence-electron chi connectivity index (χ0n) is 19.1. The second-order valence-electron chi connectivity index (χ2n) is 7.40. The number of nitrogens with zero attached hydrogens (tertiary/aromatic N) is 3. The molecule has 0 radical (unpaired) electrons. The van der Waals surface area contributed by atoms with Gasteiger partial charge in [0.15, 0.2) is 5.13 Å². The molecule has 1 heterocycles. The van der Waals surface area contributed by atoms with E-state index in [1.165, 1.54) is 11.3 Å². The molecule has 3 aromatic rings. The van der Waals surface area contributed by atoms with Gasteiger partial charge in [-0.15, -0.1) is 11.8 Å². The summed E-state index contributed by atoms with van der Waals surface area (Å²) in [5.74, 6) is 1.59. The minimum absolute atomic E-state index is 0.0769. The van der Waals surface area contributed by atoms with Gasteiger partial charge in [0.2, 0.25) is 5.91 Å². The van der Waals surface area contributed by atoms with Crippen molar-refractivity contribution in [2.24, 2.45) is 0 Å². The highest BCUT2D eigenvalue weighted by Gasteiger charge is 2.22. The number of carbonyl (C=O) groups excluding carboxylic acids is 1. The second kappa shape index (κ2) is 12.8. The van der Waals surface area contributed by atoms with E-state index in [0.717, 1.165) is 46.4 Å². The number of ether oxygens (including phenoxy) is 1. The Labute approximate surface area is 214 Å². The summed E-state index contributed by atoms with van der Waals surface area (Å²) in [6.07, 6.45) is 1.24. The van der Waals surface area contributed by atoms with E-state index in [2.05, 4.69) is 18.7 Å². The van der Waals surface area contributed by atoms with Crippen LogP contribution in [0.15, 0.2) is 41.3 Å². The summed E-state index contributed by atoms with van der Waals surface area (Å²) in [5.41, 5.74) is 0.698. The fraction of sp³-hybridized carbons (Fsp3) is 0.417. The minimum atomic E-state index is 0.0769. The molecule has 0 N–H and O–H groups in total. The largest absolute Gasteiger partial charge is 0.494 e. The molecule has 0 saturated heterocycles. The van der Waals surface area contributed by atoms with E-state index in [0.29, 0.717) is 34.4 Å². The SMILES string of the molecule is CCN(CC)CCN(C(=O)CCCSc1ccc(Cl)cc1)c1nc2c(OC)ccc(Cl)c2s1. The average Bonchev–Trinajstić information content (AvgIpc) is 3.27. The van der Waals surface area contributed by atoms with Gasteiger partial charge in [-0.2, -0.15) is 0 Å². The molecule has 0 aliphatic carbocycles. The third-order valence-electron chi connectivity index (χ3n) is 5.35. The van der Waals surface area contributed by atoms with Crippen molar-refractivity contribution in [3.63, 3.8) is 0 Å². The van der Waals surface area contributed by atoms with Crippen LogP contribution in [0.2, 0.25) is 10.0 Å². The van der Waals surface area contributed by atoms with Gasteiger partial charge in [0, 0.05) is 29.4 Å². The molecule has 5 nitrogen and oxygen atoms in total. The van der Waals surface area contributed by atoms with Gasteiger partial charge in [-0.1, -0.05) is 48.4 Å². The number of thioether (sulfide) groups is 1. The van der Waals surface area contributed by atoms with Crippen molar-refractivity contribution in [1.82, 2.24) is 9.88 Å². The van der Waals surface area contributed by atoms with E-state index in [1.54, 1.807) is 24.9 Å². The quantitative estimate of drug-likeness (QED) is 0.191. The summed E-state index contributed by atoms with van der Waals surface area (Å²) in [7, 11) is 1.61. The van der Waals surface area contributed by atoms with Gasteiger partial charge in [-0.25, -0.2) is 4.98 Å². The third-order valence-corrected chi connectivity index (χ3v) is 8.24. The van der Waals surface area contributed by atoms with Gasteiger partial charge in [-0.05, 0) is 61.7 Å². The van der Waals surface area contributed by atoms with Crippen molar-refractivity contribution in [3.8, 4) is 5.75 Å². The molecule has 33 heavy (non-hydrogen) atoms. The lowest BCUT2D eigenvalue weighted by Crippen LogP contribution is -2.38. The summed E-state index contributed by atoms with van der Waals surface area (Å²) < 4.78 is 6.30. The van der Waals surface area contributed by atoms with Crippen LogP contribution in [0.5, 0.6) is 5.75 Å². The first-order chi connectivity index (χ1) is 16.0. The zero-order chi connectivity index (χ0) is 23.8. The monoisotopic (exact) mass is 525 g/mol. The maximum atomic E-state index is 13.3.